The van der Waals surface area contributed by atoms with Crippen LogP contribution in [0.5, 0.6) is 5.75 Å². The summed E-state index contributed by atoms with van der Waals surface area (Å²) in [6, 6.07) is 15.0. The first-order valence-corrected chi connectivity index (χ1v) is 10.4. The molecule has 4 rings (SSSR count). The molecule has 3 aromatic rings. The van der Waals surface area contributed by atoms with Crippen molar-refractivity contribution in [3.05, 3.63) is 65.4 Å². The Morgan fingerprint density at radius 2 is 1.97 bits per heavy atom. The highest BCUT2D eigenvalue weighted by Crippen LogP contribution is 2.30. The van der Waals surface area contributed by atoms with Crippen molar-refractivity contribution in [3.63, 3.8) is 0 Å². The van der Waals surface area contributed by atoms with Crippen LogP contribution in [0.1, 0.15) is 12.8 Å². The Balaban J connectivity index is 1.44. The molecule has 6 nitrogen and oxygen atoms in total. The summed E-state index contributed by atoms with van der Waals surface area (Å²) in [7, 11) is 1.55. The average molecular weight is 441 g/mol. The number of piperidine rings is 1. The van der Waals surface area contributed by atoms with Gasteiger partial charge in [-0.15, -0.1) is 10.2 Å². The van der Waals surface area contributed by atoms with Gasteiger partial charge < -0.3 is 15.0 Å². The fourth-order valence-corrected chi connectivity index (χ4v) is 3.85. The van der Waals surface area contributed by atoms with Gasteiger partial charge >= 0.3 is 0 Å². The third-order valence-electron chi connectivity index (χ3n) is 5.33. The van der Waals surface area contributed by atoms with Crippen LogP contribution in [0.3, 0.4) is 0 Å². The number of carbonyl (C=O) groups is 1. The predicted molar refractivity (Wildman–Crippen MR) is 119 cm³/mol. The summed E-state index contributed by atoms with van der Waals surface area (Å²) < 4.78 is 18.4. The van der Waals surface area contributed by atoms with Crippen LogP contribution in [0.15, 0.2) is 54.6 Å². The van der Waals surface area contributed by atoms with Gasteiger partial charge in [-0.3, -0.25) is 4.79 Å². The Morgan fingerprint density at radius 3 is 2.68 bits per heavy atom. The second kappa shape index (κ2) is 9.31. The Hall–Kier alpha value is -3.19. The summed E-state index contributed by atoms with van der Waals surface area (Å²) in [6.07, 6.45) is 1.65. The fraction of sp³-hybridized carbons (Fsp3) is 0.261. The lowest BCUT2D eigenvalue weighted by Crippen LogP contribution is -2.41. The average Bonchev–Trinajstić information content (AvgIpc) is 2.80. The summed E-state index contributed by atoms with van der Waals surface area (Å²) in [5, 5.41) is 12.1. The van der Waals surface area contributed by atoms with E-state index in [1.165, 1.54) is 12.1 Å². The van der Waals surface area contributed by atoms with Crippen molar-refractivity contribution in [3.8, 4) is 17.0 Å². The Bertz CT molecular complexity index is 1060. The second-order valence-electron chi connectivity index (χ2n) is 7.40. The topological polar surface area (TPSA) is 67.3 Å². The summed E-state index contributed by atoms with van der Waals surface area (Å²) in [5.41, 5.74) is 2.02. The number of ether oxygens (including phenoxy) is 1. The second-order valence-corrected chi connectivity index (χ2v) is 7.84. The highest BCUT2D eigenvalue weighted by atomic mass is 35.5. The summed E-state index contributed by atoms with van der Waals surface area (Å²) in [6.45, 7) is 1.34. The molecule has 1 aliphatic rings. The van der Waals surface area contributed by atoms with Crippen molar-refractivity contribution in [2.45, 2.75) is 12.8 Å². The Kier molecular flexibility index (Phi) is 6.32. The van der Waals surface area contributed by atoms with Crippen molar-refractivity contribution < 1.29 is 13.9 Å². The molecule has 0 radical (unpaired) electrons. The quantitative estimate of drug-likeness (QED) is 0.617. The molecule has 0 saturated carbocycles. The first-order chi connectivity index (χ1) is 15.0. The maximum atomic E-state index is 13.1. The normalized spacial score (nSPS) is 16.1. The largest absolute Gasteiger partial charge is 0.495 e. The molecule has 160 valence electrons. The van der Waals surface area contributed by atoms with E-state index in [1.807, 2.05) is 12.1 Å². The lowest BCUT2D eigenvalue weighted by molar-refractivity contribution is -0.120. The lowest BCUT2D eigenvalue weighted by atomic mass is 9.97. The van der Waals surface area contributed by atoms with Crippen LogP contribution < -0.4 is 15.0 Å². The van der Waals surface area contributed by atoms with Gasteiger partial charge in [-0.05, 0) is 67.4 Å². The van der Waals surface area contributed by atoms with Crippen LogP contribution in [0.2, 0.25) is 5.02 Å². The number of methoxy groups -OCH3 is 1. The molecule has 2 aromatic carbocycles. The van der Waals surface area contributed by atoms with Crippen molar-refractivity contribution in [1.29, 1.82) is 0 Å². The molecule has 1 fully saturated rings. The van der Waals surface area contributed by atoms with Crippen molar-refractivity contribution >= 4 is 29.0 Å². The first kappa shape index (κ1) is 21.1. The number of aromatic nitrogens is 2. The van der Waals surface area contributed by atoms with Gasteiger partial charge in [0, 0.05) is 23.7 Å². The van der Waals surface area contributed by atoms with Gasteiger partial charge in [0.2, 0.25) is 5.91 Å². The van der Waals surface area contributed by atoms with Crippen LogP contribution in [0.25, 0.3) is 11.3 Å². The number of halogens is 2. The number of amides is 1. The third kappa shape index (κ3) is 4.94. The summed E-state index contributed by atoms with van der Waals surface area (Å²) >= 11 is 6.06. The van der Waals surface area contributed by atoms with Gasteiger partial charge in [-0.25, -0.2) is 4.39 Å². The van der Waals surface area contributed by atoms with Gasteiger partial charge in [0.25, 0.3) is 0 Å². The highest BCUT2D eigenvalue weighted by molar-refractivity contribution is 6.31. The van der Waals surface area contributed by atoms with Gasteiger partial charge in [0.15, 0.2) is 5.82 Å². The standard InChI is InChI=1S/C23H22ClFN4O2/c1-31-21-10-6-17(24)13-20(21)26-23(30)16-3-2-12-29(14-16)22-11-9-19(27-28-22)15-4-7-18(25)8-5-15/h4-11,13,16H,2-3,12,14H2,1H3,(H,26,30). The van der Waals surface area contributed by atoms with Crippen LogP contribution >= 0.6 is 11.6 Å². The molecule has 8 heteroatoms. The molecule has 1 atom stereocenters. The monoisotopic (exact) mass is 440 g/mol. The number of nitrogens with one attached hydrogen (secondary N) is 1. The van der Waals surface area contributed by atoms with Gasteiger partial charge in [0.1, 0.15) is 11.6 Å². The zero-order valence-corrected chi connectivity index (χ0v) is 17.8. The number of rotatable bonds is 5. The maximum Gasteiger partial charge on any atom is 0.229 e. The fourth-order valence-electron chi connectivity index (χ4n) is 3.68. The number of carbonyl (C=O) groups excluding carboxylic acids is 1. The Morgan fingerprint density at radius 1 is 1.16 bits per heavy atom. The SMILES string of the molecule is COc1ccc(Cl)cc1NC(=O)C1CCCN(c2ccc(-c3ccc(F)cc3)nn2)C1. The molecular weight excluding hydrogens is 419 g/mol. The molecule has 0 spiro atoms. The van der Waals surface area contributed by atoms with Crippen molar-refractivity contribution in [1.82, 2.24) is 10.2 Å². The van der Waals surface area contributed by atoms with E-state index >= 15 is 0 Å². The van der Waals surface area contributed by atoms with Crippen LogP contribution in [-0.4, -0.2) is 36.3 Å². The van der Waals surface area contributed by atoms with E-state index in [-0.39, 0.29) is 17.6 Å². The molecule has 1 N–H and O–H groups in total. The molecule has 1 aromatic heterocycles. The lowest BCUT2D eigenvalue weighted by Gasteiger charge is -2.32. The Labute approximate surface area is 185 Å². The highest BCUT2D eigenvalue weighted by Gasteiger charge is 2.27. The van der Waals surface area contributed by atoms with E-state index in [2.05, 4.69) is 20.4 Å². The van der Waals surface area contributed by atoms with E-state index in [0.717, 1.165) is 24.9 Å². The van der Waals surface area contributed by atoms with Crippen molar-refractivity contribution in [2.24, 2.45) is 5.92 Å². The van der Waals surface area contributed by atoms with Crippen LogP contribution in [-0.2, 0) is 4.79 Å². The van der Waals surface area contributed by atoms with Gasteiger partial charge in [-0.1, -0.05) is 11.6 Å². The molecule has 2 heterocycles. The number of hydrogen-bond donors (Lipinski definition) is 1. The van der Waals surface area contributed by atoms with E-state index < -0.39 is 0 Å². The number of anilines is 2. The first-order valence-electron chi connectivity index (χ1n) is 10.0. The van der Waals surface area contributed by atoms with Crippen LogP contribution in [0, 0.1) is 11.7 Å². The molecule has 1 amide bonds. The predicted octanol–water partition coefficient (Wildman–Crippen LogP) is 4.80. The molecular formula is C23H22ClFN4O2. The molecule has 1 aliphatic heterocycles. The minimum atomic E-state index is -0.290. The van der Waals surface area contributed by atoms with E-state index in [0.29, 0.717) is 34.5 Å². The number of benzene rings is 2. The van der Waals surface area contributed by atoms with Crippen LogP contribution in [0.4, 0.5) is 15.9 Å². The maximum absolute atomic E-state index is 13.1. The summed E-state index contributed by atoms with van der Waals surface area (Å²) in [4.78, 5) is 14.9. The van der Waals surface area contributed by atoms with Gasteiger partial charge in [-0.2, -0.15) is 0 Å². The molecule has 1 saturated heterocycles. The van der Waals surface area contributed by atoms with E-state index in [4.69, 9.17) is 16.3 Å². The molecule has 0 bridgehead atoms. The van der Waals surface area contributed by atoms with E-state index in [9.17, 15) is 9.18 Å². The van der Waals surface area contributed by atoms with Crippen molar-refractivity contribution in [2.75, 3.05) is 30.4 Å². The number of hydrogen-bond acceptors (Lipinski definition) is 5. The molecule has 0 aliphatic carbocycles. The zero-order chi connectivity index (χ0) is 21.8. The smallest absolute Gasteiger partial charge is 0.229 e. The van der Waals surface area contributed by atoms with Gasteiger partial charge in [0.05, 0.1) is 24.4 Å². The molecule has 1 unspecified atom stereocenters. The minimum Gasteiger partial charge on any atom is -0.495 e. The molecule has 31 heavy (non-hydrogen) atoms. The minimum absolute atomic E-state index is 0.0823. The van der Waals surface area contributed by atoms with E-state index in [1.54, 1.807) is 37.4 Å². The summed E-state index contributed by atoms with van der Waals surface area (Å²) in [5.74, 6) is 0.704. The zero-order valence-electron chi connectivity index (χ0n) is 17.0. The third-order valence-corrected chi connectivity index (χ3v) is 5.56. The number of nitrogens with zero attached hydrogens (tertiary/aromatic N) is 3.